The Bertz CT molecular complexity index is 574. The average Bonchev–Trinajstić information content (AvgIpc) is 2.33. The van der Waals surface area contributed by atoms with Crippen molar-refractivity contribution in [3.63, 3.8) is 0 Å². The molecule has 0 aliphatic rings. The first-order valence-electron chi connectivity index (χ1n) is 5.34. The molecular weight excluding hydrogens is 216 g/mol. The van der Waals surface area contributed by atoms with Gasteiger partial charge in [-0.05, 0) is 6.92 Å². The van der Waals surface area contributed by atoms with E-state index in [0.717, 1.165) is 5.56 Å². The van der Waals surface area contributed by atoms with Crippen LogP contribution in [0.2, 0.25) is 0 Å². The number of rotatable bonds is 2. The van der Waals surface area contributed by atoms with Gasteiger partial charge >= 0.3 is 5.63 Å². The maximum absolute atomic E-state index is 11.7. The molecule has 0 radical (unpaired) electrons. The number of anilines is 1. The molecule has 1 heterocycles. The van der Waals surface area contributed by atoms with Gasteiger partial charge in [0.05, 0.1) is 11.3 Å². The van der Waals surface area contributed by atoms with Crippen molar-refractivity contribution in [2.75, 3.05) is 19.0 Å². The molecule has 1 aromatic carbocycles. The summed E-state index contributed by atoms with van der Waals surface area (Å²) < 4.78 is 5.09. The molecule has 0 atom stereocenters. The molecule has 2 aromatic rings. The monoisotopic (exact) mass is 230 g/mol. The molecule has 0 amide bonds. The summed E-state index contributed by atoms with van der Waals surface area (Å²) >= 11 is 0. The van der Waals surface area contributed by atoms with Gasteiger partial charge in [-0.15, -0.1) is 0 Å². The number of benzene rings is 1. The Kier molecular flexibility index (Phi) is 2.95. The third kappa shape index (κ3) is 2.20. The minimum Gasteiger partial charge on any atom is -0.389 e. The van der Waals surface area contributed by atoms with Crippen LogP contribution in [0.4, 0.5) is 6.01 Å². The summed E-state index contributed by atoms with van der Waals surface area (Å²) in [6, 6.07) is 9.93. The number of hydrogen-bond donors (Lipinski definition) is 0. The fraction of sp³-hybridized carbons (Fsp3) is 0.231. The van der Waals surface area contributed by atoms with Crippen LogP contribution in [0.5, 0.6) is 0 Å². The minimum absolute atomic E-state index is 0.319. The Labute approximate surface area is 99.5 Å². The van der Waals surface area contributed by atoms with E-state index < -0.39 is 0 Å². The molecule has 0 aliphatic heterocycles. The molecule has 1 aromatic heterocycles. The summed E-state index contributed by atoms with van der Waals surface area (Å²) in [6.07, 6.45) is 0. The van der Waals surface area contributed by atoms with Gasteiger partial charge in [-0.25, -0.2) is 4.79 Å². The molecule has 2 rings (SSSR count). The lowest BCUT2D eigenvalue weighted by Crippen LogP contribution is -2.16. The molecule has 0 saturated heterocycles. The summed E-state index contributed by atoms with van der Waals surface area (Å²) in [5, 5.41) is 0. The quantitative estimate of drug-likeness (QED) is 0.792. The maximum Gasteiger partial charge on any atom is 0.343 e. The van der Waals surface area contributed by atoms with Gasteiger partial charge in [-0.1, -0.05) is 30.3 Å². The van der Waals surface area contributed by atoms with Crippen molar-refractivity contribution < 1.29 is 4.42 Å². The molecule has 0 N–H and O–H groups in total. The zero-order chi connectivity index (χ0) is 12.4. The second-order valence-electron chi connectivity index (χ2n) is 4.02. The van der Waals surface area contributed by atoms with Crippen LogP contribution < -0.4 is 10.5 Å². The molecule has 88 valence electrons. The third-order valence-corrected chi connectivity index (χ3v) is 2.48. The fourth-order valence-electron chi connectivity index (χ4n) is 1.53. The summed E-state index contributed by atoms with van der Waals surface area (Å²) in [7, 11) is 3.57. The van der Waals surface area contributed by atoms with E-state index in [4.69, 9.17) is 4.42 Å². The highest BCUT2D eigenvalue weighted by molar-refractivity contribution is 5.62. The van der Waals surface area contributed by atoms with Crippen LogP contribution in [0.1, 0.15) is 5.56 Å². The van der Waals surface area contributed by atoms with Gasteiger partial charge in [0.15, 0.2) is 0 Å². The van der Waals surface area contributed by atoms with Crippen molar-refractivity contribution in [3.05, 3.63) is 46.3 Å². The molecule has 0 unspecified atom stereocenters. The van der Waals surface area contributed by atoms with Gasteiger partial charge in [0.25, 0.3) is 6.01 Å². The predicted molar refractivity (Wildman–Crippen MR) is 67.3 cm³/mol. The third-order valence-electron chi connectivity index (χ3n) is 2.48. The smallest absolute Gasteiger partial charge is 0.343 e. The molecule has 0 fully saturated rings. The van der Waals surface area contributed by atoms with E-state index in [2.05, 4.69) is 4.98 Å². The largest absolute Gasteiger partial charge is 0.389 e. The fourth-order valence-corrected chi connectivity index (χ4v) is 1.53. The Hall–Kier alpha value is -2.10. The predicted octanol–water partition coefficient (Wildman–Crippen LogP) is 2.08. The Morgan fingerprint density at radius 2 is 1.82 bits per heavy atom. The first-order valence-corrected chi connectivity index (χ1v) is 5.34. The van der Waals surface area contributed by atoms with E-state index >= 15 is 0 Å². The van der Waals surface area contributed by atoms with E-state index in [0.29, 0.717) is 17.3 Å². The van der Waals surface area contributed by atoms with Gasteiger partial charge in [-0.2, -0.15) is 4.98 Å². The van der Waals surface area contributed by atoms with Crippen molar-refractivity contribution in [1.29, 1.82) is 0 Å². The van der Waals surface area contributed by atoms with Crippen LogP contribution in [0.25, 0.3) is 11.3 Å². The summed E-state index contributed by atoms with van der Waals surface area (Å²) in [5.41, 5.74) is 1.77. The van der Waals surface area contributed by atoms with Gasteiger partial charge in [0.2, 0.25) is 0 Å². The van der Waals surface area contributed by atoms with Crippen LogP contribution in [0, 0.1) is 6.92 Å². The minimum atomic E-state index is -0.345. The highest BCUT2D eigenvalue weighted by Gasteiger charge is 2.12. The molecule has 4 nitrogen and oxygen atoms in total. The van der Waals surface area contributed by atoms with E-state index in [1.54, 1.807) is 25.9 Å². The Morgan fingerprint density at radius 1 is 1.18 bits per heavy atom. The van der Waals surface area contributed by atoms with Crippen LogP contribution in [0.3, 0.4) is 0 Å². The lowest BCUT2D eigenvalue weighted by molar-refractivity contribution is 0.488. The second kappa shape index (κ2) is 4.41. The van der Waals surface area contributed by atoms with Crippen molar-refractivity contribution in [2.24, 2.45) is 0 Å². The first-order chi connectivity index (χ1) is 8.09. The zero-order valence-corrected chi connectivity index (χ0v) is 10.1. The molecule has 0 saturated carbocycles. The van der Waals surface area contributed by atoms with E-state index in [1.807, 2.05) is 30.3 Å². The van der Waals surface area contributed by atoms with Crippen molar-refractivity contribution in [1.82, 2.24) is 4.98 Å². The topological polar surface area (TPSA) is 46.3 Å². The van der Waals surface area contributed by atoms with Crippen LogP contribution in [0.15, 0.2) is 39.5 Å². The summed E-state index contributed by atoms with van der Waals surface area (Å²) in [5.74, 6) is 0. The molecule has 0 bridgehead atoms. The van der Waals surface area contributed by atoms with Crippen molar-refractivity contribution >= 4 is 6.01 Å². The average molecular weight is 230 g/mol. The molecule has 0 aliphatic carbocycles. The number of aromatic nitrogens is 1. The molecule has 17 heavy (non-hydrogen) atoms. The van der Waals surface area contributed by atoms with Crippen LogP contribution in [-0.2, 0) is 0 Å². The van der Waals surface area contributed by atoms with Crippen molar-refractivity contribution in [2.45, 2.75) is 6.92 Å². The van der Waals surface area contributed by atoms with E-state index in [1.165, 1.54) is 0 Å². The van der Waals surface area contributed by atoms with Gasteiger partial charge < -0.3 is 9.32 Å². The Balaban J connectivity index is 2.65. The van der Waals surface area contributed by atoms with Gasteiger partial charge in [0.1, 0.15) is 0 Å². The van der Waals surface area contributed by atoms with Gasteiger partial charge in [0, 0.05) is 19.7 Å². The molecule has 0 spiro atoms. The molecule has 4 heteroatoms. The van der Waals surface area contributed by atoms with Gasteiger partial charge in [-0.3, -0.25) is 0 Å². The normalized spacial score (nSPS) is 10.3. The van der Waals surface area contributed by atoms with Crippen molar-refractivity contribution in [3.8, 4) is 11.3 Å². The highest BCUT2D eigenvalue weighted by atomic mass is 16.4. The van der Waals surface area contributed by atoms with E-state index in [-0.39, 0.29) is 5.63 Å². The van der Waals surface area contributed by atoms with E-state index in [9.17, 15) is 4.79 Å². The number of nitrogens with zero attached hydrogens (tertiary/aromatic N) is 2. The molecular formula is C13H14N2O2. The van der Waals surface area contributed by atoms with Crippen LogP contribution >= 0.6 is 0 Å². The maximum atomic E-state index is 11.7. The second-order valence-corrected chi connectivity index (χ2v) is 4.02. The summed E-state index contributed by atoms with van der Waals surface area (Å²) in [4.78, 5) is 17.7. The SMILES string of the molecule is Cc1c(-c2ccccc2)nc(N(C)C)oc1=O. The lowest BCUT2D eigenvalue weighted by atomic mass is 10.1. The Morgan fingerprint density at radius 3 is 2.41 bits per heavy atom. The lowest BCUT2D eigenvalue weighted by Gasteiger charge is -2.11. The first kappa shape index (κ1) is 11.4. The highest BCUT2D eigenvalue weighted by Crippen LogP contribution is 2.20. The summed E-state index contributed by atoms with van der Waals surface area (Å²) in [6.45, 7) is 1.72. The van der Waals surface area contributed by atoms with Crippen LogP contribution in [-0.4, -0.2) is 19.1 Å². The standard InChI is InChI=1S/C13H14N2O2/c1-9-11(10-7-5-4-6-8-10)14-13(15(2)3)17-12(9)16/h4-8H,1-3H3. The number of hydrogen-bond acceptors (Lipinski definition) is 4. The zero-order valence-electron chi connectivity index (χ0n) is 10.1.